The van der Waals surface area contributed by atoms with Crippen LogP contribution >= 0.6 is 15.9 Å². The summed E-state index contributed by atoms with van der Waals surface area (Å²) in [6.45, 7) is 5.14. The number of halogens is 2. The van der Waals surface area contributed by atoms with Crippen molar-refractivity contribution in [3.8, 4) is 0 Å². The number of nitrogens with zero attached hydrogens (tertiary/aromatic N) is 1. The molecule has 2 aliphatic rings. The molecule has 1 aromatic rings. The topological polar surface area (TPSA) is 15.3 Å². The summed E-state index contributed by atoms with van der Waals surface area (Å²) in [4.78, 5) is 2.21. The van der Waals surface area contributed by atoms with Gasteiger partial charge in [0.05, 0.1) is 5.69 Å². The van der Waals surface area contributed by atoms with E-state index in [1.54, 1.807) is 6.07 Å². The monoisotopic (exact) mass is 326 g/mol. The average molecular weight is 327 g/mol. The first-order valence-corrected chi connectivity index (χ1v) is 7.83. The van der Waals surface area contributed by atoms with Crippen LogP contribution in [-0.2, 0) is 0 Å². The Hall–Kier alpha value is -0.610. The quantitative estimate of drug-likeness (QED) is 0.894. The molecule has 1 saturated carbocycles. The van der Waals surface area contributed by atoms with Gasteiger partial charge in [0.25, 0.3) is 0 Å². The van der Waals surface area contributed by atoms with E-state index in [-0.39, 0.29) is 11.4 Å². The van der Waals surface area contributed by atoms with Gasteiger partial charge in [0, 0.05) is 23.1 Å². The summed E-state index contributed by atoms with van der Waals surface area (Å²) < 4.78 is 14.9. The number of hydrogen-bond donors (Lipinski definition) is 1. The Morgan fingerprint density at radius 2 is 2.21 bits per heavy atom. The normalized spacial score (nSPS) is 28.3. The van der Waals surface area contributed by atoms with Crippen LogP contribution < -0.4 is 10.2 Å². The van der Waals surface area contributed by atoms with Crippen molar-refractivity contribution in [1.29, 1.82) is 0 Å². The van der Waals surface area contributed by atoms with Crippen LogP contribution in [0.5, 0.6) is 0 Å². The first-order chi connectivity index (χ1) is 9.08. The van der Waals surface area contributed by atoms with Crippen molar-refractivity contribution in [1.82, 2.24) is 5.32 Å². The lowest BCUT2D eigenvalue weighted by Crippen LogP contribution is -2.51. The Morgan fingerprint density at radius 3 is 2.89 bits per heavy atom. The van der Waals surface area contributed by atoms with Gasteiger partial charge in [0.1, 0.15) is 5.82 Å². The zero-order chi connectivity index (χ0) is 13.5. The first-order valence-electron chi connectivity index (χ1n) is 7.03. The lowest BCUT2D eigenvalue weighted by molar-refractivity contribution is 0.331. The van der Waals surface area contributed by atoms with Gasteiger partial charge >= 0.3 is 0 Å². The second-order valence-corrected chi connectivity index (χ2v) is 6.91. The van der Waals surface area contributed by atoms with Gasteiger partial charge in [-0.2, -0.15) is 0 Å². The summed E-state index contributed by atoms with van der Waals surface area (Å²) in [5.41, 5.74) is 0.870. The fourth-order valence-corrected chi connectivity index (χ4v) is 3.45. The highest BCUT2D eigenvalue weighted by atomic mass is 79.9. The van der Waals surface area contributed by atoms with Crippen LogP contribution in [0.25, 0.3) is 0 Å². The maximum atomic E-state index is 14.1. The average Bonchev–Trinajstić information content (AvgIpc) is 3.16. The number of rotatable bonds is 2. The molecule has 1 aromatic carbocycles. The van der Waals surface area contributed by atoms with E-state index in [1.165, 1.54) is 12.8 Å². The molecule has 1 unspecified atom stereocenters. The van der Waals surface area contributed by atoms with Crippen LogP contribution in [0.4, 0.5) is 10.1 Å². The van der Waals surface area contributed by atoms with Gasteiger partial charge in [-0.3, -0.25) is 0 Å². The van der Waals surface area contributed by atoms with E-state index in [0.29, 0.717) is 0 Å². The minimum atomic E-state index is -0.130. The van der Waals surface area contributed by atoms with Crippen LogP contribution in [-0.4, -0.2) is 25.2 Å². The van der Waals surface area contributed by atoms with E-state index < -0.39 is 0 Å². The van der Waals surface area contributed by atoms with Crippen LogP contribution in [0.3, 0.4) is 0 Å². The molecule has 19 heavy (non-hydrogen) atoms. The molecule has 1 aliphatic heterocycles. The molecular formula is C15H20BrFN2. The Morgan fingerprint density at radius 1 is 1.42 bits per heavy atom. The molecule has 1 heterocycles. The molecule has 1 N–H and O–H groups in total. The Balaban J connectivity index is 1.86. The Bertz CT molecular complexity index is 475. The molecule has 1 atom stereocenters. The molecule has 1 aliphatic carbocycles. The highest BCUT2D eigenvalue weighted by Crippen LogP contribution is 2.41. The van der Waals surface area contributed by atoms with Crippen molar-refractivity contribution < 1.29 is 4.39 Å². The van der Waals surface area contributed by atoms with Crippen molar-refractivity contribution in [3.05, 3.63) is 28.5 Å². The van der Waals surface area contributed by atoms with Crippen molar-refractivity contribution in [3.63, 3.8) is 0 Å². The molecule has 0 spiro atoms. The highest BCUT2D eigenvalue weighted by Gasteiger charge is 2.43. The molecule has 2 fully saturated rings. The second-order valence-electron chi connectivity index (χ2n) is 5.99. The van der Waals surface area contributed by atoms with Crippen LogP contribution in [0.15, 0.2) is 22.7 Å². The summed E-state index contributed by atoms with van der Waals surface area (Å²) >= 11 is 3.32. The van der Waals surface area contributed by atoms with Crippen molar-refractivity contribution in [2.24, 2.45) is 5.92 Å². The van der Waals surface area contributed by atoms with Gasteiger partial charge in [-0.15, -0.1) is 0 Å². The molecule has 0 aromatic heterocycles. The summed E-state index contributed by atoms with van der Waals surface area (Å²) in [6.07, 6.45) is 3.68. The maximum Gasteiger partial charge on any atom is 0.147 e. The fraction of sp³-hybridized carbons (Fsp3) is 0.600. The lowest BCUT2D eigenvalue weighted by Gasteiger charge is -2.35. The summed E-state index contributed by atoms with van der Waals surface area (Å²) in [5.74, 6) is 0.626. The fourth-order valence-electron chi connectivity index (χ4n) is 3.11. The summed E-state index contributed by atoms with van der Waals surface area (Å²) in [6, 6.07) is 5.37. The smallest absolute Gasteiger partial charge is 0.147 e. The van der Waals surface area contributed by atoms with E-state index >= 15 is 0 Å². The van der Waals surface area contributed by atoms with E-state index in [0.717, 1.165) is 42.1 Å². The third-order valence-electron chi connectivity index (χ3n) is 4.38. The van der Waals surface area contributed by atoms with E-state index in [1.807, 2.05) is 12.1 Å². The summed E-state index contributed by atoms with van der Waals surface area (Å²) in [7, 11) is 0. The molecule has 4 heteroatoms. The zero-order valence-electron chi connectivity index (χ0n) is 11.3. The molecule has 104 valence electrons. The maximum absolute atomic E-state index is 14.1. The Labute approximate surface area is 122 Å². The van der Waals surface area contributed by atoms with E-state index in [2.05, 4.69) is 33.1 Å². The minimum Gasteiger partial charge on any atom is -0.367 e. The van der Waals surface area contributed by atoms with Gasteiger partial charge < -0.3 is 10.2 Å². The van der Waals surface area contributed by atoms with E-state index in [4.69, 9.17) is 0 Å². The number of anilines is 1. The molecule has 0 bridgehead atoms. The van der Waals surface area contributed by atoms with E-state index in [9.17, 15) is 4.39 Å². The van der Waals surface area contributed by atoms with Gasteiger partial charge in [-0.1, -0.05) is 15.9 Å². The zero-order valence-corrected chi connectivity index (χ0v) is 12.8. The largest absolute Gasteiger partial charge is 0.367 e. The van der Waals surface area contributed by atoms with Crippen LogP contribution in [0, 0.1) is 11.7 Å². The third-order valence-corrected chi connectivity index (χ3v) is 4.88. The van der Waals surface area contributed by atoms with Crippen molar-refractivity contribution in [2.75, 3.05) is 24.5 Å². The van der Waals surface area contributed by atoms with Crippen LogP contribution in [0.2, 0.25) is 0 Å². The molecule has 0 radical (unpaired) electrons. The molecule has 3 rings (SSSR count). The standard InChI is InChI=1S/C15H20BrFN2/c1-15(11-3-4-11)10-19(8-2-7-18-15)14-6-5-12(16)9-13(14)17/h5-6,9,11,18H,2-4,7-8,10H2,1H3. The summed E-state index contributed by atoms with van der Waals surface area (Å²) in [5, 5.41) is 3.68. The predicted molar refractivity (Wildman–Crippen MR) is 80.1 cm³/mol. The second kappa shape index (κ2) is 5.06. The molecule has 2 nitrogen and oxygen atoms in total. The number of hydrogen-bond acceptors (Lipinski definition) is 2. The van der Waals surface area contributed by atoms with Crippen LogP contribution in [0.1, 0.15) is 26.2 Å². The van der Waals surface area contributed by atoms with Gasteiger partial charge in [0.2, 0.25) is 0 Å². The Kier molecular flexibility index (Phi) is 3.56. The third kappa shape index (κ3) is 2.79. The van der Waals surface area contributed by atoms with Gasteiger partial charge in [0.15, 0.2) is 0 Å². The predicted octanol–water partition coefficient (Wildman–Crippen LogP) is 3.56. The SMILES string of the molecule is CC1(C2CC2)CN(c2ccc(Br)cc2F)CCCN1. The lowest BCUT2D eigenvalue weighted by atomic mass is 9.95. The van der Waals surface area contributed by atoms with Gasteiger partial charge in [-0.05, 0) is 56.8 Å². The highest BCUT2D eigenvalue weighted by molar-refractivity contribution is 9.10. The molecule has 1 saturated heterocycles. The molecular weight excluding hydrogens is 307 g/mol. The first kappa shape index (κ1) is 13.4. The number of benzene rings is 1. The van der Waals surface area contributed by atoms with Gasteiger partial charge in [-0.25, -0.2) is 4.39 Å². The number of nitrogens with one attached hydrogen (secondary N) is 1. The molecule has 0 amide bonds. The van der Waals surface area contributed by atoms with Crippen molar-refractivity contribution >= 4 is 21.6 Å². The minimum absolute atomic E-state index is 0.130. The van der Waals surface area contributed by atoms with Crippen molar-refractivity contribution in [2.45, 2.75) is 31.7 Å².